The van der Waals surface area contributed by atoms with Crippen molar-refractivity contribution >= 4 is 62.6 Å². The maximum absolute atomic E-state index is 13.1. The topological polar surface area (TPSA) is 182 Å². The lowest BCUT2D eigenvalue weighted by molar-refractivity contribution is -0.117. The summed E-state index contributed by atoms with van der Waals surface area (Å²) in [6, 6.07) is 6.90. The number of hydrogen-bond donors (Lipinski definition) is 4. The molecule has 1 aliphatic carbocycles. The summed E-state index contributed by atoms with van der Waals surface area (Å²) in [7, 11) is 3.74. The third-order valence-electron chi connectivity index (χ3n) is 5.67. The normalized spacial score (nSPS) is 13.4. The van der Waals surface area contributed by atoms with Crippen LogP contribution >= 0.6 is 0 Å². The molecule has 1 saturated carbocycles. The summed E-state index contributed by atoms with van der Waals surface area (Å²) in [6.07, 6.45) is 4.29. The number of rotatable bonds is 12. The molecule has 4 N–H and O–H groups in total. The summed E-state index contributed by atoms with van der Waals surface area (Å²) in [4.78, 5) is 26.8. The van der Waals surface area contributed by atoms with Gasteiger partial charge in [-0.2, -0.15) is 15.0 Å². The van der Waals surface area contributed by atoms with Gasteiger partial charge in [0.25, 0.3) is 5.91 Å². The highest BCUT2D eigenvalue weighted by Gasteiger charge is 2.30. The molecule has 1 aromatic carbocycles. The Morgan fingerprint density at radius 1 is 1.18 bits per heavy atom. The molecule has 0 bridgehead atoms. The number of nitrogens with zero attached hydrogens (tertiary/aromatic N) is 5. The van der Waals surface area contributed by atoms with Crippen LogP contribution in [-0.4, -0.2) is 94.1 Å². The van der Waals surface area contributed by atoms with E-state index in [0.717, 1.165) is 19.1 Å². The molecule has 1 fully saturated rings. The molecule has 18 heteroatoms. The Morgan fingerprint density at radius 3 is 2.58 bits per heavy atom. The predicted molar refractivity (Wildman–Crippen MR) is 157 cm³/mol. The standard InChI is InChI=1S/C22H30B3N9O5S/c1-39-19-13(16-11-26-34(33-16)9-8-27-40(2,37)38)4-3-5-14(19)28-15-10-17(29-20(35)12-6-7-12)31-32-18(15)21(36)30-22(23,24)25/h3-5,10-12,27H,6-9,23-25H2,1-2H3,(H,30,36)(H2,28,29,31,35). The van der Waals surface area contributed by atoms with Crippen LogP contribution < -0.4 is 25.4 Å². The molecule has 3 aromatic rings. The molecule has 2 amide bonds. The van der Waals surface area contributed by atoms with Crippen molar-refractivity contribution < 1.29 is 22.7 Å². The molecule has 40 heavy (non-hydrogen) atoms. The van der Waals surface area contributed by atoms with Crippen molar-refractivity contribution in [1.82, 2.24) is 35.2 Å². The highest BCUT2D eigenvalue weighted by atomic mass is 32.2. The minimum Gasteiger partial charge on any atom is -0.494 e. The lowest BCUT2D eigenvalue weighted by atomic mass is 9.49. The number of methoxy groups -OCH3 is 1. The van der Waals surface area contributed by atoms with Crippen molar-refractivity contribution in [3.63, 3.8) is 0 Å². The number of benzene rings is 1. The molecule has 0 atom stereocenters. The fourth-order valence-corrected chi connectivity index (χ4v) is 4.21. The van der Waals surface area contributed by atoms with Crippen LogP contribution in [-0.2, 0) is 21.4 Å². The van der Waals surface area contributed by atoms with E-state index in [2.05, 4.69) is 41.1 Å². The van der Waals surface area contributed by atoms with Gasteiger partial charge in [0.15, 0.2) is 17.3 Å². The number of ether oxygens (including phenoxy) is 1. The SMILES string of the molecule is BC(B)(B)NC(=O)c1nnc(NC(=O)C2CC2)cc1Nc1cccc(-c2cnn(CCNS(C)(=O)=O)n2)c1OC. The molecule has 208 valence electrons. The Labute approximate surface area is 234 Å². The maximum atomic E-state index is 13.1. The minimum absolute atomic E-state index is 0.0329. The van der Waals surface area contributed by atoms with Gasteiger partial charge in [0.05, 0.1) is 37.5 Å². The fourth-order valence-electron chi connectivity index (χ4n) is 3.75. The third-order valence-corrected chi connectivity index (χ3v) is 6.40. The quantitative estimate of drug-likeness (QED) is 0.173. The van der Waals surface area contributed by atoms with Crippen LogP contribution in [0.5, 0.6) is 5.75 Å². The molecule has 4 rings (SSSR count). The van der Waals surface area contributed by atoms with Gasteiger partial charge in [-0.3, -0.25) is 9.59 Å². The first-order valence-corrected chi connectivity index (χ1v) is 14.5. The molecule has 0 saturated heterocycles. The van der Waals surface area contributed by atoms with Gasteiger partial charge in [-0.1, -0.05) is 6.07 Å². The molecule has 0 spiro atoms. The van der Waals surface area contributed by atoms with E-state index in [1.165, 1.54) is 11.9 Å². The second-order valence-electron chi connectivity index (χ2n) is 10.5. The van der Waals surface area contributed by atoms with E-state index < -0.39 is 21.2 Å². The van der Waals surface area contributed by atoms with Crippen LogP contribution in [0.3, 0.4) is 0 Å². The minimum atomic E-state index is -3.33. The monoisotopic (exact) mass is 565 g/mol. The molecular weight excluding hydrogens is 535 g/mol. The van der Waals surface area contributed by atoms with E-state index in [0.29, 0.717) is 28.4 Å². The Morgan fingerprint density at radius 2 is 1.93 bits per heavy atom. The second kappa shape index (κ2) is 11.7. The number of anilines is 3. The number of hydrogen-bond acceptors (Lipinski definition) is 10. The van der Waals surface area contributed by atoms with Crippen LogP contribution in [0.15, 0.2) is 30.5 Å². The number of para-hydroxylation sites is 1. The molecule has 0 unspecified atom stereocenters. The molecule has 2 aromatic heterocycles. The van der Waals surface area contributed by atoms with Gasteiger partial charge in [-0.15, -0.1) is 10.2 Å². The molecule has 0 radical (unpaired) electrons. The lowest BCUT2D eigenvalue weighted by Gasteiger charge is -2.22. The highest BCUT2D eigenvalue weighted by Crippen LogP contribution is 2.37. The Hall–Kier alpha value is -3.92. The summed E-state index contributed by atoms with van der Waals surface area (Å²) in [5.74, 6) is 0.0261. The second-order valence-corrected chi connectivity index (χ2v) is 12.3. The van der Waals surface area contributed by atoms with Gasteiger partial charge in [0, 0.05) is 24.1 Å². The maximum Gasteiger partial charge on any atom is 0.272 e. The zero-order chi connectivity index (χ0) is 29.1. The first-order chi connectivity index (χ1) is 18.8. The van der Waals surface area contributed by atoms with Crippen LogP contribution in [0.1, 0.15) is 23.3 Å². The summed E-state index contributed by atoms with van der Waals surface area (Å²) < 4.78 is 30.8. The smallest absolute Gasteiger partial charge is 0.272 e. The van der Waals surface area contributed by atoms with Gasteiger partial charge in [-0.05, 0) is 30.2 Å². The average molecular weight is 565 g/mol. The Balaban J connectivity index is 1.64. The molecule has 2 heterocycles. The largest absolute Gasteiger partial charge is 0.494 e. The lowest BCUT2D eigenvalue weighted by Crippen LogP contribution is -2.50. The van der Waals surface area contributed by atoms with Crippen LogP contribution in [0.4, 0.5) is 17.2 Å². The molecule has 14 nitrogen and oxygen atoms in total. The fraction of sp³-hybridized carbons (Fsp3) is 0.364. The van der Waals surface area contributed by atoms with Crippen LogP contribution in [0, 0.1) is 5.92 Å². The number of aromatic nitrogens is 5. The van der Waals surface area contributed by atoms with E-state index in [-0.39, 0.29) is 36.4 Å². The number of nitrogens with one attached hydrogen (secondary N) is 4. The van der Waals surface area contributed by atoms with Crippen LogP contribution in [0.2, 0.25) is 0 Å². The third kappa shape index (κ3) is 7.82. The highest BCUT2D eigenvalue weighted by molar-refractivity contribution is 7.88. The first-order valence-electron chi connectivity index (χ1n) is 12.6. The van der Waals surface area contributed by atoms with Crippen molar-refractivity contribution in [3.05, 3.63) is 36.2 Å². The van der Waals surface area contributed by atoms with E-state index in [1.807, 2.05) is 23.5 Å². The zero-order valence-electron chi connectivity index (χ0n) is 23.0. The van der Waals surface area contributed by atoms with E-state index in [4.69, 9.17) is 4.74 Å². The van der Waals surface area contributed by atoms with E-state index in [1.54, 1.807) is 30.5 Å². The number of carbonyl (C=O) groups is 2. The summed E-state index contributed by atoms with van der Waals surface area (Å²) in [5, 5.41) is 25.2. The summed E-state index contributed by atoms with van der Waals surface area (Å²) in [5.41, 5.74) is 1.96. The van der Waals surface area contributed by atoms with E-state index in [9.17, 15) is 18.0 Å². The van der Waals surface area contributed by atoms with Gasteiger partial charge in [0.2, 0.25) is 15.9 Å². The molecular formula is C22H30B3N9O5S. The Kier molecular flexibility index (Phi) is 8.49. The average Bonchev–Trinajstić information content (AvgIpc) is 3.61. The number of amides is 2. The van der Waals surface area contributed by atoms with Crippen molar-refractivity contribution in [2.75, 3.05) is 30.5 Å². The predicted octanol–water partition coefficient (Wildman–Crippen LogP) is -2.37. The molecule has 1 aliphatic rings. The number of sulfonamides is 1. The van der Waals surface area contributed by atoms with E-state index >= 15 is 0 Å². The first kappa shape index (κ1) is 29.1. The summed E-state index contributed by atoms with van der Waals surface area (Å²) in [6.45, 7) is 0.372. The van der Waals surface area contributed by atoms with Gasteiger partial charge < -0.3 is 20.7 Å². The van der Waals surface area contributed by atoms with Gasteiger partial charge in [-0.25, -0.2) is 13.1 Å². The van der Waals surface area contributed by atoms with Crippen LogP contribution in [0.25, 0.3) is 11.3 Å². The van der Waals surface area contributed by atoms with Crippen molar-refractivity contribution in [1.29, 1.82) is 0 Å². The zero-order valence-corrected chi connectivity index (χ0v) is 23.8. The van der Waals surface area contributed by atoms with Crippen molar-refractivity contribution in [3.8, 4) is 17.0 Å². The van der Waals surface area contributed by atoms with Gasteiger partial charge >= 0.3 is 0 Å². The molecule has 0 aliphatic heterocycles. The Bertz CT molecular complexity index is 1520. The number of carbonyl (C=O) groups excluding carboxylic acids is 2. The van der Waals surface area contributed by atoms with Crippen molar-refractivity contribution in [2.24, 2.45) is 5.92 Å². The summed E-state index contributed by atoms with van der Waals surface area (Å²) >= 11 is 0. The van der Waals surface area contributed by atoms with Crippen molar-refractivity contribution in [2.45, 2.75) is 24.6 Å². The van der Waals surface area contributed by atoms with Gasteiger partial charge in [0.1, 0.15) is 29.2 Å².